The van der Waals surface area contributed by atoms with Crippen LogP contribution in [0.2, 0.25) is 0 Å². The fourth-order valence-electron chi connectivity index (χ4n) is 3.29. The molecule has 0 bridgehead atoms. The van der Waals surface area contributed by atoms with Gasteiger partial charge in [-0.2, -0.15) is 5.10 Å². The van der Waals surface area contributed by atoms with Crippen LogP contribution in [0.15, 0.2) is 91.6 Å². The number of pyridine rings is 1. The van der Waals surface area contributed by atoms with Gasteiger partial charge in [-0.05, 0) is 36.2 Å². The van der Waals surface area contributed by atoms with Crippen LogP contribution in [-0.4, -0.2) is 34.5 Å². The fourth-order valence-corrected chi connectivity index (χ4v) is 3.29. The monoisotopic (exact) mass is 393 g/mol. The molecule has 0 saturated carbocycles. The molecular weight excluding hydrogens is 374 g/mol. The first kappa shape index (κ1) is 17.9. The van der Waals surface area contributed by atoms with Crippen molar-refractivity contribution in [3.63, 3.8) is 0 Å². The molecule has 0 saturated heterocycles. The minimum absolute atomic E-state index is 0.749. The summed E-state index contributed by atoms with van der Waals surface area (Å²) in [4.78, 5) is 9.38. The smallest absolute Gasteiger partial charge is 0.165 e. The number of nitrogens with zero attached hydrogens (tertiary/aromatic N) is 7. The van der Waals surface area contributed by atoms with Crippen LogP contribution >= 0.6 is 0 Å². The average molecular weight is 393 g/mol. The SMILES string of the molecule is c1ccc(CCc2nc(-c3ccc(-n4cnnc4)nc3)n(-c3ccccc3)n2)cc1. The summed E-state index contributed by atoms with van der Waals surface area (Å²) in [7, 11) is 0. The molecule has 0 aliphatic carbocycles. The Labute approximate surface area is 173 Å². The highest BCUT2D eigenvalue weighted by atomic mass is 15.4. The van der Waals surface area contributed by atoms with Gasteiger partial charge in [-0.3, -0.25) is 4.57 Å². The topological polar surface area (TPSA) is 74.3 Å². The largest absolute Gasteiger partial charge is 0.272 e. The molecule has 0 unspecified atom stereocenters. The zero-order chi connectivity index (χ0) is 20.2. The number of hydrogen-bond acceptors (Lipinski definition) is 5. The van der Waals surface area contributed by atoms with Crippen molar-refractivity contribution in [1.82, 2.24) is 34.5 Å². The molecule has 0 N–H and O–H groups in total. The van der Waals surface area contributed by atoms with Gasteiger partial charge in [-0.1, -0.05) is 48.5 Å². The first-order chi connectivity index (χ1) is 14.9. The molecule has 5 rings (SSSR count). The summed E-state index contributed by atoms with van der Waals surface area (Å²) in [5.74, 6) is 2.33. The maximum Gasteiger partial charge on any atom is 0.165 e. The van der Waals surface area contributed by atoms with E-state index in [0.29, 0.717) is 0 Å². The molecule has 7 heteroatoms. The van der Waals surface area contributed by atoms with Gasteiger partial charge in [-0.15, -0.1) is 10.2 Å². The molecule has 0 atom stereocenters. The van der Waals surface area contributed by atoms with Gasteiger partial charge in [0.1, 0.15) is 18.5 Å². The summed E-state index contributed by atoms with van der Waals surface area (Å²) >= 11 is 0. The minimum atomic E-state index is 0.749. The summed E-state index contributed by atoms with van der Waals surface area (Å²) in [6.07, 6.45) is 6.71. The van der Waals surface area contributed by atoms with E-state index in [2.05, 4.69) is 39.4 Å². The van der Waals surface area contributed by atoms with Gasteiger partial charge in [0.25, 0.3) is 0 Å². The molecule has 5 aromatic rings. The van der Waals surface area contributed by atoms with Crippen molar-refractivity contribution in [3.05, 3.63) is 103 Å². The molecule has 7 nitrogen and oxygen atoms in total. The summed E-state index contributed by atoms with van der Waals surface area (Å²) < 4.78 is 3.65. The Bertz CT molecular complexity index is 1210. The van der Waals surface area contributed by atoms with E-state index in [4.69, 9.17) is 10.1 Å². The molecule has 146 valence electrons. The highest BCUT2D eigenvalue weighted by Crippen LogP contribution is 2.22. The molecule has 0 spiro atoms. The molecule has 0 fully saturated rings. The Kier molecular flexibility index (Phi) is 4.83. The van der Waals surface area contributed by atoms with E-state index in [0.717, 1.165) is 41.6 Å². The lowest BCUT2D eigenvalue weighted by atomic mass is 10.1. The van der Waals surface area contributed by atoms with Crippen LogP contribution in [0, 0.1) is 0 Å². The normalized spacial score (nSPS) is 10.9. The second kappa shape index (κ2) is 8.08. The van der Waals surface area contributed by atoms with Crippen molar-refractivity contribution >= 4 is 0 Å². The van der Waals surface area contributed by atoms with Gasteiger partial charge < -0.3 is 0 Å². The van der Waals surface area contributed by atoms with Crippen molar-refractivity contribution < 1.29 is 0 Å². The quantitative estimate of drug-likeness (QED) is 0.440. The second-order valence-electron chi connectivity index (χ2n) is 6.86. The van der Waals surface area contributed by atoms with Crippen molar-refractivity contribution in [2.75, 3.05) is 0 Å². The lowest BCUT2D eigenvalue weighted by Crippen LogP contribution is -2.01. The molecule has 3 heterocycles. The zero-order valence-electron chi connectivity index (χ0n) is 16.2. The highest BCUT2D eigenvalue weighted by molar-refractivity contribution is 5.58. The standard InChI is InChI=1S/C23H19N7/c1-3-7-18(8-4-1)11-13-21-27-23(30(28-21)20-9-5-2-6-10-20)19-12-14-22(24-15-19)29-16-25-26-17-29/h1-10,12,14-17H,11,13H2. The van der Waals surface area contributed by atoms with E-state index in [1.165, 1.54) is 5.56 Å². The summed E-state index contributed by atoms with van der Waals surface area (Å²) in [5, 5.41) is 12.5. The molecule has 0 radical (unpaired) electrons. The number of rotatable bonds is 6. The lowest BCUT2D eigenvalue weighted by molar-refractivity contribution is 0.813. The number of para-hydroxylation sites is 1. The van der Waals surface area contributed by atoms with Crippen LogP contribution in [0.4, 0.5) is 0 Å². The Balaban J connectivity index is 1.48. The maximum absolute atomic E-state index is 4.84. The van der Waals surface area contributed by atoms with E-state index in [9.17, 15) is 0 Å². The van der Waals surface area contributed by atoms with E-state index in [-0.39, 0.29) is 0 Å². The van der Waals surface area contributed by atoms with Crippen LogP contribution in [0.5, 0.6) is 0 Å². The van der Waals surface area contributed by atoms with Crippen LogP contribution in [-0.2, 0) is 12.8 Å². The Morgan fingerprint density at radius 2 is 1.47 bits per heavy atom. The van der Waals surface area contributed by atoms with Crippen LogP contribution < -0.4 is 0 Å². The second-order valence-corrected chi connectivity index (χ2v) is 6.86. The molecule has 0 aliphatic rings. The zero-order valence-corrected chi connectivity index (χ0v) is 16.2. The molecular formula is C23H19N7. The molecule has 2 aromatic carbocycles. The van der Waals surface area contributed by atoms with Gasteiger partial charge in [0.05, 0.1) is 5.69 Å². The van der Waals surface area contributed by atoms with Crippen molar-refractivity contribution in [3.8, 4) is 22.9 Å². The predicted molar refractivity (Wildman–Crippen MR) is 113 cm³/mol. The minimum Gasteiger partial charge on any atom is -0.272 e. The predicted octanol–water partition coefficient (Wildman–Crippen LogP) is 3.70. The molecule has 3 aromatic heterocycles. The highest BCUT2D eigenvalue weighted by Gasteiger charge is 2.14. The number of benzene rings is 2. The van der Waals surface area contributed by atoms with Gasteiger partial charge in [0.2, 0.25) is 0 Å². The summed E-state index contributed by atoms with van der Waals surface area (Å²) in [6, 6.07) is 24.3. The summed E-state index contributed by atoms with van der Waals surface area (Å²) in [5.41, 5.74) is 3.14. The number of hydrogen-bond donors (Lipinski definition) is 0. The van der Waals surface area contributed by atoms with E-state index < -0.39 is 0 Å². The van der Waals surface area contributed by atoms with Gasteiger partial charge >= 0.3 is 0 Å². The van der Waals surface area contributed by atoms with Crippen LogP contribution in [0.3, 0.4) is 0 Å². The maximum atomic E-state index is 4.84. The van der Waals surface area contributed by atoms with E-state index in [1.807, 2.05) is 53.2 Å². The number of aromatic nitrogens is 7. The van der Waals surface area contributed by atoms with Crippen LogP contribution in [0.1, 0.15) is 11.4 Å². The average Bonchev–Trinajstić information content (AvgIpc) is 3.50. The van der Waals surface area contributed by atoms with Crippen molar-refractivity contribution in [1.29, 1.82) is 0 Å². The van der Waals surface area contributed by atoms with Gasteiger partial charge in [0.15, 0.2) is 11.6 Å². The first-order valence-corrected chi connectivity index (χ1v) is 9.73. The Morgan fingerprint density at radius 1 is 0.733 bits per heavy atom. The molecule has 0 aliphatic heterocycles. The van der Waals surface area contributed by atoms with Gasteiger partial charge in [0, 0.05) is 18.2 Å². The van der Waals surface area contributed by atoms with Crippen molar-refractivity contribution in [2.45, 2.75) is 12.8 Å². The van der Waals surface area contributed by atoms with E-state index >= 15 is 0 Å². The third-order valence-electron chi connectivity index (χ3n) is 4.82. The Hall–Kier alpha value is -4.13. The molecule has 30 heavy (non-hydrogen) atoms. The van der Waals surface area contributed by atoms with Crippen LogP contribution in [0.25, 0.3) is 22.9 Å². The molecule has 0 amide bonds. The summed E-state index contributed by atoms with van der Waals surface area (Å²) in [6.45, 7) is 0. The number of aryl methyl sites for hydroxylation is 2. The first-order valence-electron chi connectivity index (χ1n) is 9.73. The Morgan fingerprint density at radius 3 is 2.17 bits per heavy atom. The van der Waals surface area contributed by atoms with Crippen molar-refractivity contribution in [2.24, 2.45) is 0 Å². The lowest BCUT2D eigenvalue weighted by Gasteiger charge is -2.06. The third-order valence-corrected chi connectivity index (χ3v) is 4.82. The third kappa shape index (κ3) is 3.73. The fraction of sp³-hybridized carbons (Fsp3) is 0.0870. The van der Waals surface area contributed by atoms with Gasteiger partial charge in [-0.25, -0.2) is 14.6 Å². The van der Waals surface area contributed by atoms with E-state index in [1.54, 1.807) is 23.4 Å².